The number of halogens is 1. The zero-order valence-electron chi connectivity index (χ0n) is 9.74. The van der Waals surface area contributed by atoms with Gasteiger partial charge < -0.3 is 15.2 Å². The van der Waals surface area contributed by atoms with Crippen molar-refractivity contribution in [2.24, 2.45) is 5.73 Å². The first kappa shape index (κ1) is 14.0. The van der Waals surface area contributed by atoms with Crippen LogP contribution in [0.5, 0.6) is 5.75 Å². The van der Waals surface area contributed by atoms with Gasteiger partial charge in [0.15, 0.2) is 0 Å². The number of hydrogen-bond acceptors (Lipinski definition) is 4. The van der Waals surface area contributed by atoms with Crippen molar-refractivity contribution in [3.63, 3.8) is 0 Å². The molecule has 4 nitrogen and oxygen atoms in total. The molecule has 0 saturated carbocycles. The van der Waals surface area contributed by atoms with Crippen LogP contribution in [-0.4, -0.2) is 19.7 Å². The molecule has 1 aromatic rings. The van der Waals surface area contributed by atoms with Gasteiger partial charge in [0, 0.05) is 17.4 Å². The number of esters is 1. The SMILES string of the molecule is COC(=O)CCCOc1ccc(Br)c(CN)c1. The van der Waals surface area contributed by atoms with Crippen LogP contribution in [0.4, 0.5) is 0 Å². The van der Waals surface area contributed by atoms with Crippen LogP contribution in [0.2, 0.25) is 0 Å². The third-order valence-electron chi connectivity index (χ3n) is 2.26. The van der Waals surface area contributed by atoms with Crippen molar-refractivity contribution in [3.05, 3.63) is 28.2 Å². The van der Waals surface area contributed by atoms with Crippen LogP contribution in [-0.2, 0) is 16.1 Å². The van der Waals surface area contributed by atoms with Crippen LogP contribution in [0.15, 0.2) is 22.7 Å². The highest BCUT2D eigenvalue weighted by Gasteiger charge is 2.02. The molecule has 0 amide bonds. The molecule has 0 unspecified atom stereocenters. The molecule has 0 radical (unpaired) electrons. The molecule has 94 valence electrons. The number of methoxy groups -OCH3 is 1. The largest absolute Gasteiger partial charge is 0.494 e. The van der Waals surface area contributed by atoms with Crippen molar-refractivity contribution < 1.29 is 14.3 Å². The summed E-state index contributed by atoms with van der Waals surface area (Å²) < 4.78 is 11.0. The molecule has 0 bridgehead atoms. The van der Waals surface area contributed by atoms with Gasteiger partial charge in [0.05, 0.1) is 13.7 Å². The van der Waals surface area contributed by atoms with Crippen molar-refractivity contribution in [1.29, 1.82) is 0 Å². The number of carbonyl (C=O) groups is 1. The Morgan fingerprint density at radius 3 is 2.88 bits per heavy atom. The third-order valence-corrected chi connectivity index (χ3v) is 3.03. The van der Waals surface area contributed by atoms with E-state index in [2.05, 4.69) is 20.7 Å². The Labute approximate surface area is 109 Å². The molecule has 0 saturated heterocycles. The van der Waals surface area contributed by atoms with Gasteiger partial charge in [-0.05, 0) is 30.2 Å². The van der Waals surface area contributed by atoms with Gasteiger partial charge in [-0.15, -0.1) is 0 Å². The van der Waals surface area contributed by atoms with Crippen LogP contribution in [0, 0.1) is 0 Å². The molecule has 0 aliphatic carbocycles. The topological polar surface area (TPSA) is 61.5 Å². The summed E-state index contributed by atoms with van der Waals surface area (Å²) in [5, 5.41) is 0. The van der Waals surface area contributed by atoms with E-state index in [9.17, 15) is 4.79 Å². The van der Waals surface area contributed by atoms with Gasteiger partial charge in [-0.3, -0.25) is 4.79 Å². The number of nitrogens with two attached hydrogens (primary N) is 1. The zero-order chi connectivity index (χ0) is 12.7. The summed E-state index contributed by atoms with van der Waals surface area (Å²) >= 11 is 3.40. The molecule has 1 aromatic carbocycles. The van der Waals surface area contributed by atoms with Gasteiger partial charge in [0.25, 0.3) is 0 Å². The summed E-state index contributed by atoms with van der Waals surface area (Å²) in [6, 6.07) is 5.65. The minimum atomic E-state index is -0.216. The molecule has 0 atom stereocenters. The lowest BCUT2D eigenvalue weighted by Gasteiger charge is -2.08. The standard InChI is InChI=1S/C12H16BrNO3/c1-16-12(15)3-2-6-17-10-4-5-11(13)9(7-10)8-14/h4-5,7H,2-3,6,8,14H2,1H3. The monoisotopic (exact) mass is 301 g/mol. The van der Waals surface area contributed by atoms with Crippen molar-refractivity contribution in [3.8, 4) is 5.75 Å². The van der Waals surface area contributed by atoms with Crippen LogP contribution < -0.4 is 10.5 Å². The highest BCUT2D eigenvalue weighted by molar-refractivity contribution is 9.10. The predicted octanol–water partition coefficient (Wildman–Crippen LogP) is 2.24. The predicted molar refractivity (Wildman–Crippen MR) is 68.8 cm³/mol. The molecular formula is C12H16BrNO3. The lowest BCUT2D eigenvalue weighted by molar-refractivity contribution is -0.140. The van der Waals surface area contributed by atoms with Crippen molar-refractivity contribution in [2.45, 2.75) is 19.4 Å². The van der Waals surface area contributed by atoms with Gasteiger partial charge in [0.2, 0.25) is 0 Å². The number of ether oxygens (including phenoxy) is 2. The number of carbonyl (C=O) groups excluding carboxylic acids is 1. The fraction of sp³-hybridized carbons (Fsp3) is 0.417. The summed E-state index contributed by atoms with van der Waals surface area (Å²) in [6.07, 6.45) is 1.01. The first-order chi connectivity index (χ1) is 8.17. The summed E-state index contributed by atoms with van der Waals surface area (Å²) in [5.41, 5.74) is 6.58. The summed E-state index contributed by atoms with van der Waals surface area (Å²) in [5.74, 6) is 0.547. The number of benzene rings is 1. The molecule has 0 fully saturated rings. The number of hydrogen-bond donors (Lipinski definition) is 1. The maximum atomic E-state index is 10.9. The smallest absolute Gasteiger partial charge is 0.305 e. The van der Waals surface area contributed by atoms with Gasteiger partial charge in [-0.1, -0.05) is 15.9 Å². The Hall–Kier alpha value is -1.07. The first-order valence-corrected chi connectivity index (χ1v) is 6.14. The molecule has 0 heterocycles. The van der Waals surface area contributed by atoms with Crippen LogP contribution >= 0.6 is 15.9 Å². The third kappa shape index (κ3) is 4.75. The lowest BCUT2D eigenvalue weighted by atomic mass is 10.2. The Kier molecular flexibility index (Phi) is 6.00. The Bertz CT molecular complexity index is 382. The van der Waals surface area contributed by atoms with E-state index < -0.39 is 0 Å². The summed E-state index contributed by atoms with van der Waals surface area (Å²) in [7, 11) is 1.38. The van der Waals surface area contributed by atoms with Crippen LogP contribution in [0.25, 0.3) is 0 Å². The minimum Gasteiger partial charge on any atom is -0.494 e. The Balaban J connectivity index is 2.39. The van der Waals surface area contributed by atoms with Crippen molar-refractivity contribution in [1.82, 2.24) is 0 Å². The van der Waals surface area contributed by atoms with Crippen LogP contribution in [0.3, 0.4) is 0 Å². The zero-order valence-corrected chi connectivity index (χ0v) is 11.3. The fourth-order valence-electron chi connectivity index (χ4n) is 1.31. The number of rotatable bonds is 6. The first-order valence-electron chi connectivity index (χ1n) is 5.35. The quantitative estimate of drug-likeness (QED) is 0.646. The van der Waals surface area contributed by atoms with E-state index in [1.807, 2.05) is 18.2 Å². The summed E-state index contributed by atoms with van der Waals surface area (Å²) in [4.78, 5) is 10.9. The Morgan fingerprint density at radius 1 is 1.47 bits per heavy atom. The maximum absolute atomic E-state index is 10.9. The van der Waals surface area contributed by atoms with Gasteiger partial charge in [-0.25, -0.2) is 0 Å². The molecule has 2 N–H and O–H groups in total. The van der Waals surface area contributed by atoms with Gasteiger partial charge >= 0.3 is 5.97 Å². The van der Waals surface area contributed by atoms with Gasteiger partial charge in [0.1, 0.15) is 5.75 Å². The van der Waals surface area contributed by atoms with E-state index in [-0.39, 0.29) is 5.97 Å². The normalized spacial score (nSPS) is 10.1. The molecule has 0 aliphatic heterocycles. The lowest BCUT2D eigenvalue weighted by Crippen LogP contribution is -2.05. The van der Waals surface area contributed by atoms with Crippen molar-refractivity contribution in [2.75, 3.05) is 13.7 Å². The second-order valence-electron chi connectivity index (χ2n) is 3.49. The second-order valence-corrected chi connectivity index (χ2v) is 4.34. The second kappa shape index (κ2) is 7.29. The molecule has 0 spiro atoms. The Morgan fingerprint density at radius 2 is 2.24 bits per heavy atom. The molecular weight excluding hydrogens is 286 g/mol. The highest BCUT2D eigenvalue weighted by atomic mass is 79.9. The molecule has 1 rings (SSSR count). The van der Waals surface area contributed by atoms with E-state index in [1.54, 1.807) is 0 Å². The van der Waals surface area contributed by atoms with E-state index in [1.165, 1.54) is 7.11 Å². The summed E-state index contributed by atoms with van der Waals surface area (Å²) in [6.45, 7) is 0.945. The van der Waals surface area contributed by atoms with Crippen molar-refractivity contribution >= 4 is 21.9 Å². The van der Waals surface area contributed by atoms with E-state index >= 15 is 0 Å². The van der Waals surface area contributed by atoms with E-state index in [4.69, 9.17) is 10.5 Å². The minimum absolute atomic E-state index is 0.216. The molecule has 5 heteroatoms. The van der Waals surface area contributed by atoms with E-state index in [0.29, 0.717) is 26.0 Å². The van der Waals surface area contributed by atoms with Gasteiger partial charge in [-0.2, -0.15) is 0 Å². The molecule has 17 heavy (non-hydrogen) atoms. The molecule has 0 aromatic heterocycles. The maximum Gasteiger partial charge on any atom is 0.305 e. The average molecular weight is 302 g/mol. The highest BCUT2D eigenvalue weighted by Crippen LogP contribution is 2.22. The molecule has 0 aliphatic rings. The fourth-order valence-corrected chi connectivity index (χ4v) is 1.71. The van der Waals surface area contributed by atoms with Crippen LogP contribution in [0.1, 0.15) is 18.4 Å². The average Bonchev–Trinajstić information content (AvgIpc) is 2.36. The van der Waals surface area contributed by atoms with E-state index in [0.717, 1.165) is 15.8 Å².